The summed E-state index contributed by atoms with van der Waals surface area (Å²) >= 11 is 9.12. The number of hydrogen-bond acceptors (Lipinski definition) is 6. The number of halogens is 1. The molecule has 0 radical (unpaired) electrons. The summed E-state index contributed by atoms with van der Waals surface area (Å²) in [5.41, 5.74) is 3.43. The lowest BCUT2D eigenvalue weighted by atomic mass is 10.1. The number of aromatic nitrogens is 1. The minimum atomic E-state index is 0.0722. The second-order valence-corrected chi connectivity index (χ2v) is 10.4. The van der Waals surface area contributed by atoms with Gasteiger partial charge in [0.15, 0.2) is 5.13 Å². The Morgan fingerprint density at radius 2 is 1.97 bits per heavy atom. The first-order valence-electron chi connectivity index (χ1n) is 10.2. The summed E-state index contributed by atoms with van der Waals surface area (Å²) < 4.78 is 7.27. The Bertz CT molecular complexity index is 988. The van der Waals surface area contributed by atoms with Gasteiger partial charge in [0.2, 0.25) is 5.91 Å². The number of rotatable bonds is 7. The molecular weight excluding hydrogens is 438 g/mol. The third kappa shape index (κ3) is 5.21. The Balaban J connectivity index is 1.53. The highest BCUT2D eigenvalue weighted by molar-refractivity contribution is 7.22. The van der Waals surface area contributed by atoms with Gasteiger partial charge in [0, 0.05) is 31.1 Å². The molecule has 0 aliphatic carbocycles. The van der Waals surface area contributed by atoms with Crippen LogP contribution in [0.5, 0.6) is 0 Å². The Morgan fingerprint density at radius 3 is 2.70 bits per heavy atom. The van der Waals surface area contributed by atoms with E-state index in [9.17, 15) is 4.79 Å². The van der Waals surface area contributed by atoms with Crippen LogP contribution in [0.2, 0.25) is 4.34 Å². The van der Waals surface area contributed by atoms with Crippen molar-refractivity contribution in [2.24, 2.45) is 0 Å². The van der Waals surface area contributed by atoms with Gasteiger partial charge < -0.3 is 4.74 Å². The van der Waals surface area contributed by atoms with Gasteiger partial charge in [0.05, 0.1) is 34.2 Å². The molecule has 1 saturated heterocycles. The molecule has 30 heavy (non-hydrogen) atoms. The van der Waals surface area contributed by atoms with Gasteiger partial charge >= 0.3 is 0 Å². The average molecular weight is 464 g/mol. The fraction of sp³-hybridized carbons (Fsp3) is 0.455. The molecule has 0 saturated carbocycles. The smallest absolute Gasteiger partial charge is 0.234 e. The number of carbonyl (C=O) groups is 1. The molecule has 5 nitrogen and oxygen atoms in total. The van der Waals surface area contributed by atoms with Crippen LogP contribution in [-0.2, 0) is 16.0 Å². The topological polar surface area (TPSA) is 45.7 Å². The van der Waals surface area contributed by atoms with Crippen molar-refractivity contribution in [2.45, 2.75) is 26.7 Å². The Hall–Kier alpha value is -1.51. The number of hydrogen-bond donors (Lipinski definition) is 0. The molecule has 0 bridgehead atoms. The van der Waals surface area contributed by atoms with Crippen molar-refractivity contribution in [2.75, 3.05) is 44.3 Å². The lowest BCUT2D eigenvalue weighted by Gasteiger charge is -2.27. The Morgan fingerprint density at radius 1 is 1.20 bits per heavy atom. The Kier molecular flexibility index (Phi) is 7.05. The first kappa shape index (κ1) is 21.7. The lowest BCUT2D eigenvalue weighted by molar-refractivity contribution is -0.118. The van der Waals surface area contributed by atoms with E-state index >= 15 is 0 Å². The van der Waals surface area contributed by atoms with Gasteiger partial charge in [-0.2, -0.15) is 0 Å². The fourth-order valence-electron chi connectivity index (χ4n) is 3.58. The normalized spacial score (nSPS) is 15.0. The molecule has 0 spiro atoms. The van der Waals surface area contributed by atoms with E-state index in [-0.39, 0.29) is 5.91 Å². The molecule has 3 aromatic rings. The van der Waals surface area contributed by atoms with Crippen molar-refractivity contribution in [1.29, 1.82) is 0 Å². The molecule has 1 amide bonds. The van der Waals surface area contributed by atoms with E-state index in [1.807, 2.05) is 17.0 Å². The standard InChI is InChI=1S/C22H26ClN3O2S2/c1-15-12-18-19(13-16(15)2)30-22(24-18)26(7-3-6-25-8-10-28-11-9-25)21(27)14-17-4-5-20(23)29-17/h4-5,12-13H,3,6-11,14H2,1-2H3. The minimum Gasteiger partial charge on any atom is -0.379 e. The first-order valence-corrected chi connectivity index (χ1v) is 12.2. The highest BCUT2D eigenvalue weighted by Gasteiger charge is 2.21. The van der Waals surface area contributed by atoms with E-state index in [0.717, 1.165) is 59.5 Å². The number of amides is 1. The predicted molar refractivity (Wildman–Crippen MR) is 126 cm³/mol. The number of ether oxygens (including phenoxy) is 1. The lowest BCUT2D eigenvalue weighted by Crippen LogP contribution is -2.39. The molecular formula is C22H26ClN3O2S2. The summed E-state index contributed by atoms with van der Waals surface area (Å²) in [6.07, 6.45) is 1.26. The van der Waals surface area contributed by atoms with Crippen molar-refractivity contribution in [1.82, 2.24) is 9.88 Å². The average Bonchev–Trinajstić information content (AvgIpc) is 3.31. The monoisotopic (exact) mass is 463 g/mol. The highest BCUT2D eigenvalue weighted by Crippen LogP contribution is 2.32. The van der Waals surface area contributed by atoms with E-state index in [1.54, 1.807) is 11.3 Å². The molecule has 1 aromatic carbocycles. The maximum atomic E-state index is 13.2. The van der Waals surface area contributed by atoms with E-state index in [0.29, 0.717) is 17.3 Å². The first-order chi connectivity index (χ1) is 14.5. The largest absolute Gasteiger partial charge is 0.379 e. The molecule has 2 aromatic heterocycles. The van der Waals surface area contributed by atoms with Gasteiger partial charge in [-0.3, -0.25) is 14.6 Å². The molecule has 3 heterocycles. The zero-order valence-corrected chi connectivity index (χ0v) is 19.7. The molecule has 160 valence electrons. The molecule has 0 N–H and O–H groups in total. The number of fused-ring (bicyclic) bond motifs is 1. The third-order valence-electron chi connectivity index (χ3n) is 5.44. The van der Waals surface area contributed by atoms with Gasteiger partial charge in [-0.1, -0.05) is 22.9 Å². The summed E-state index contributed by atoms with van der Waals surface area (Å²) in [7, 11) is 0. The van der Waals surface area contributed by atoms with Crippen LogP contribution >= 0.6 is 34.3 Å². The third-order valence-corrected chi connectivity index (χ3v) is 7.71. The zero-order valence-electron chi connectivity index (χ0n) is 17.3. The van der Waals surface area contributed by atoms with Gasteiger partial charge in [0.1, 0.15) is 0 Å². The molecule has 1 aliphatic heterocycles. The molecule has 0 unspecified atom stereocenters. The molecule has 1 fully saturated rings. The molecule has 0 atom stereocenters. The second-order valence-electron chi connectivity index (χ2n) is 7.64. The number of aryl methyl sites for hydroxylation is 2. The fourth-order valence-corrected chi connectivity index (χ4v) is 5.75. The number of benzene rings is 1. The van der Waals surface area contributed by atoms with Crippen LogP contribution in [0.15, 0.2) is 24.3 Å². The number of thiazole rings is 1. The number of morpholine rings is 1. The zero-order chi connectivity index (χ0) is 21.1. The second kappa shape index (κ2) is 9.75. The van der Waals surface area contributed by atoms with E-state index in [1.165, 1.54) is 22.5 Å². The van der Waals surface area contributed by atoms with Crippen LogP contribution in [-0.4, -0.2) is 55.2 Å². The maximum Gasteiger partial charge on any atom is 0.234 e. The summed E-state index contributed by atoms with van der Waals surface area (Å²) in [5.74, 6) is 0.0722. The van der Waals surface area contributed by atoms with Crippen molar-refractivity contribution >= 4 is 55.5 Å². The van der Waals surface area contributed by atoms with Crippen molar-refractivity contribution in [3.05, 3.63) is 44.6 Å². The number of anilines is 1. The maximum absolute atomic E-state index is 13.2. The summed E-state index contributed by atoms with van der Waals surface area (Å²) in [5, 5.41) is 0.782. The van der Waals surface area contributed by atoms with Crippen LogP contribution in [0.4, 0.5) is 5.13 Å². The van der Waals surface area contributed by atoms with Crippen molar-refractivity contribution in [3.63, 3.8) is 0 Å². The summed E-state index contributed by atoms with van der Waals surface area (Å²) in [6, 6.07) is 8.06. The Labute approximate surface area is 190 Å². The van der Waals surface area contributed by atoms with Gasteiger partial charge in [0.25, 0.3) is 0 Å². The number of nitrogens with zero attached hydrogens (tertiary/aromatic N) is 3. The highest BCUT2D eigenvalue weighted by atomic mass is 35.5. The van der Waals surface area contributed by atoms with Crippen LogP contribution in [0, 0.1) is 13.8 Å². The van der Waals surface area contributed by atoms with Crippen LogP contribution in [0.1, 0.15) is 22.4 Å². The van der Waals surface area contributed by atoms with Gasteiger partial charge in [-0.05, 0) is 55.7 Å². The van der Waals surface area contributed by atoms with Crippen LogP contribution < -0.4 is 4.90 Å². The quantitative estimate of drug-likeness (QED) is 0.498. The number of carbonyl (C=O) groups excluding carboxylic acids is 1. The van der Waals surface area contributed by atoms with E-state index in [2.05, 4.69) is 30.9 Å². The summed E-state index contributed by atoms with van der Waals surface area (Å²) in [4.78, 5) is 23.3. The van der Waals surface area contributed by atoms with Crippen LogP contribution in [0.25, 0.3) is 10.2 Å². The minimum absolute atomic E-state index is 0.0722. The predicted octanol–water partition coefficient (Wildman–Crippen LogP) is 4.93. The van der Waals surface area contributed by atoms with Crippen molar-refractivity contribution < 1.29 is 9.53 Å². The van der Waals surface area contributed by atoms with Crippen LogP contribution in [0.3, 0.4) is 0 Å². The molecule has 1 aliphatic rings. The van der Waals surface area contributed by atoms with Gasteiger partial charge in [-0.25, -0.2) is 4.98 Å². The molecule has 8 heteroatoms. The van der Waals surface area contributed by atoms with Crippen molar-refractivity contribution in [3.8, 4) is 0 Å². The summed E-state index contributed by atoms with van der Waals surface area (Å²) in [6.45, 7) is 9.33. The van der Waals surface area contributed by atoms with Gasteiger partial charge in [-0.15, -0.1) is 11.3 Å². The van der Waals surface area contributed by atoms with E-state index in [4.69, 9.17) is 21.3 Å². The van der Waals surface area contributed by atoms with E-state index < -0.39 is 0 Å². The number of thiophene rings is 1. The SMILES string of the molecule is Cc1cc2nc(N(CCCN3CCOCC3)C(=O)Cc3ccc(Cl)s3)sc2cc1C. The molecule has 4 rings (SSSR count).